The fourth-order valence-electron chi connectivity index (χ4n) is 1.27. The normalized spacial score (nSPS) is 12.5. The number of amides is 1. The highest BCUT2D eigenvalue weighted by Gasteiger charge is 2.16. The highest BCUT2D eigenvalue weighted by molar-refractivity contribution is 5.82. The van der Waals surface area contributed by atoms with E-state index in [1.807, 2.05) is 13.8 Å². The average molecular weight is 208 g/mol. The molecule has 1 atom stereocenters. The molecule has 5 heteroatoms. The lowest BCUT2D eigenvalue weighted by atomic mass is 10.0. The van der Waals surface area contributed by atoms with Crippen LogP contribution in [0.3, 0.4) is 0 Å². The molecule has 1 aromatic heterocycles. The molecular weight excluding hydrogens is 192 g/mol. The van der Waals surface area contributed by atoms with Crippen LogP contribution in [0.5, 0.6) is 0 Å². The number of hydrogen-bond acceptors (Lipinski definition) is 4. The zero-order chi connectivity index (χ0) is 11.3. The molecule has 0 saturated carbocycles. The molecule has 0 spiro atoms. The number of aromatic nitrogens is 2. The topological polar surface area (TPSA) is 80.9 Å². The van der Waals surface area contributed by atoms with Crippen molar-refractivity contribution in [2.75, 3.05) is 5.32 Å². The lowest BCUT2D eigenvalue weighted by Gasteiger charge is -2.17. The molecule has 0 radical (unpaired) electrons. The monoisotopic (exact) mass is 208 g/mol. The third kappa shape index (κ3) is 3.93. The summed E-state index contributed by atoms with van der Waals surface area (Å²) in [4.78, 5) is 19.1. The Morgan fingerprint density at radius 1 is 1.53 bits per heavy atom. The van der Waals surface area contributed by atoms with Gasteiger partial charge in [0, 0.05) is 12.4 Å². The second kappa shape index (κ2) is 5.29. The lowest BCUT2D eigenvalue weighted by molar-refractivity contribution is -0.119. The van der Waals surface area contributed by atoms with Gasteiger partial charge in [0.15, 0.2) is 0 Å². The van der Waals surface area contributed by atoms with Crippen LogP contribution in [-0.2, 0) is 4.79 Å². The van der Waals surface area contributed by atoms with Gasteiger partial charge < -0.3 is 11.1 Å². The summed E-state index contributed by atoms with van der Waals surface area (Å²) in [5.41, 5.74) is 5.28. The van der Waals surface area contributed by atoms with Crippen molar-refractivity contribution in [3.05, 3.63) is 18.6 Å². The molecule has 0 aliphatic carbocycles. The first kappa shape index (κ1) is 11.4. The van der Waals surface area contributed by atoms with Crippen LogP contribution in [0.25, 0.3) is 0 Å². The van der Waals surface area contributed by atoms with Crippen LogP contribution in [0.4, 0.5) is 5.82 Å². The molecule has 5 nitrogen and oxygen atoms in total. The van der Waals surface area contributed by atoms with Crippen molar-refractivity contribution in [1.29, 1.82) is 0 Å². The first-order valence-electron chi connectivity index (χ1n) is 4.91. The van der Waals surface area contributed by atoms with E-state index in [1.165, 1.54) is 0 Å². The number of nitrogens with zero attached hydrogens (tertiary/aromatic N) is 2. The van der Waals surface area contributed by atoms with Gasteiger partial charge in [-0.3, -0.25) is 9.78 Å². The van der Waals surface area contributed by atoms with Gasteiger partial charge in [-0.25, -0.2) is 4.98 Å². The molecule has 1 aromatic rings. The van der Waals surface area contributed by atoms with E-state index in [1.54, 1.807) is 18.6 Å². The summed E-state index contributed by atoms with van der Waals surface area (Å²) in [5.74, 6) is 0.600. The van der Waals surface area contributed by atoms with Crippen LogP contribution in [0, 0.1) is 5.92 Å². The van der Waals surface area contributed by atoms with E-state index in [2.05, 4.69) is 15.3 Å². The van der Waals surface area contributed by atoms with Gasteiger partial charge in [0.1, 0.15) is 11.9 Å². The number of carbonyl (C=O) groups excluding carboxylic acids is 1. The van der Waals surface area contributed by atoms with Gasteiger partial charge in [0.25, 0.3) is 0 Å². The molecule has 0 aliphatic rings. The van der Waals surface area contributed by atoms with Gasteiger partial charge in [0.2, 0.25) is 5.91 Å². The summed E-state index contributed by atoms with van der Waals surface area (Å²) in [6.45, 7) is 4.07. The Balaban J connectivity index is 2.63. The van der Waals surface area contributed by atoms with Crippen LogP contribution < -0.4 is 11.1 Å². The molecule has 1 unspecified atom stereocenters. The number of anilines is 1. The summed E-state index contributed by atoms with van der Waals surface area (Å²) in [7, 11) is 0. The molecule has 1 rings (SSSR count). The Bertz CT molecular complexity index is 312. The van der Waals surface area contributed by atoms with E-state index >= 15 is 0 Å². The highest BCUT2D eigenvalue weighted by Crippen LogP contribution is 2.09. The van der Waals surface area contributed by atoms with Crippen LogP contribution >= 0.6 is 0 Å². The summed E-state index contributed by atoms with van der Waals surface area (Å²) in [5, 5.41) is 2.96. The van der Waals surface area contributed by atoms with Crippen molar-refractivity contribution >= 4 is 11.7 Å². The Hall–Kier alpha value is -1.65. The number of primary amides is 1. The number of carbonyl (C=O) groups is 1. The standard InChI is InChI=1S/C10H16N4O/c1-7(2)5-8(10(11)15)14-9-6-12-3-4-13-9/h3-4,6-8H,5H2,1-2H3,(H2,11,15)(H,13,14). The number of rotatable bonds is 5. The Kier molecular flexibility index (Phi) is 4.03. The van der Waals surface area contributed by atoms with Gasteiger partial charge in [-0.15, -0.1) is 0 Å². The first-order valence-corrected chi connectivity index (χ1v) is 4.91. The van der Waals surface area contributed by atoms with Gasteiger partial charge in [0.05, 0.1) is 6.20 Å². The number of hydrogen-bond donors (Lipinski definition) is 2. The van der Waals surface area contributed by atoms with Gasteiger partial charge in [-0.1, -0.05) is 13.8 Å². The zero-order valence-corrected chi connectivity index (χ0v) is 8.97. The van der Waals surface area contributed by atoms with E-state index in [-0.39, 0.29) is 11.9 Å². The molecule has 0 saturated heterocycles. The zero-order valence-electron chi connectivity index (χ0n) is 8.97. The number of nitrogens with two attached hydrogens (primary N) is 1. The van der Waals surface area contributed by atoms with E-state index in [0.717, 1.165) is 0 Å². The molecule has 0 bridgehead atoms. The van der Waals surface area contributed by atoms with E-state index in [9.17, 15) is 4.79 Å². The van der Waals surface area contributed by atoms with Crippen molar-refractivity contribution in [1.82, 2.24) is 9.97 Å². The van der Waals surface area contributed by atoms with Crippen LogP contribution in [0.1, 0.15) is 20.3 Å². The summed E-state index contributed by atoms with van der Waals surface area (Å²) < 4.78 is 0. The minimum Gasteiger partial charge on any atom is -0.368 e. The lowest BCUT2D eigenvalue weighted by Crippen LogP contribution is -2.36. The summed E-state index contributed by atoms with van der Waals surface area (Å²) in [6, 6.07) is -0.387. The number of nitrogens with one attached hydrogen (secondary N) is 1. The van der Waals surface area contributed by atoms with E-state index in [0.29, 0.717) is 18.2 Å². The van der Waals surface area contributed by atoms with Crippen molar-refractivity contribution in [3.63, 3.8) is 0 Å². The van der Waals surface area contributed by atoms with Crippen LogP contribution in [0.2, 0.25) is 0 Å². The first-order chi connectivity index (χ1) is 7.09. The van der Waals surface area contributed by atoms with E-state index < -0.39 is 0 Å². The van der Waals surface area contributed by atoms with Gasteiger partial charge in [-0.2, -0.15) is 0 Å². The van der Waals surface area contributed by atoms with Gasteiger partial charge in [-0.05, 0) is 12.3 Å². The second-order valence-corrected chi connectivity index (χ2v) is 3.82. The predicted octanol–water partition coefficient (Wildman–Crippen LogP) is 0.788. The highest BCUT2D eigenvalue weighted by atomic mass is 16.1. The van der Waals surface area contributed by atoms with Crippen molar-refractivity contribution in [2.45, 2.75) is 26.3 Å². The maximum Gasteiger partial charge on any atom is 0.239 e. The van der Waals surface area contributed by atoms with Gasteiger partial charge >= 0.3 is 0 Å². The SMILES string of the molecule is CC(C)CC(Nc1cnccn1)C(N)=O. The maximum atomic E-state index is 11.2. The smallest absolute Gasteiger partial charge is 0.239 e. The largest absolute Gasteiger partial charge is 0.368 e. The predicted molar refractivity (Wildman–Crippen MR) is 58.1 cm³/mol. The van der Waals surface area contributed by atoms with Crippen molar-refractivity contribution in [3.8, 4) is 0 Å². The van der Waals surface area contributed by atoms with Crippen molar-refractivity contribution in [2.24, 2.45) is 11.7 Å². The molecule has 0 aromatic carbocycles. The fraction of sp³-hybridized carbons (Fsp3) is 0.500. The maximum absolute atomic E-state index is 11.2. The Morgan fingerprint density at radius 2 is 2.27 bits per heavy atom. The molecule has 3 N–H and O–H groups in total. The fourth-order valence-corrected chi connectivity index (χ4v) is 1.27. The molecular formula is C10H16N4O. The second-order valence-electron chi connectivity index (χ2n) is 3.82. The molecule has 82 valence electrons. The van der Waals surface area contributed by atoms with Crippen LogP contribution in [-0.4, -0.2) is 21.9 Å². The molecule has 0 fully saturated rings. The Labute approximate surface area is 89.1 Å². The summed E-state index contributed by atoms with van der Waals surface area (Å²) in [6.07, 6.45) is 5.39. The quantitative estimate of drug-likeness (QED) is 0.749. The molecule has 1 heterocycles. The van der Waals surface area contributed by atoms with E-state index in [4.69, 9.17) is 5.73 Å². The Morgan fingerprint density at radius 3 is 2.73 bits per heavy atom. The minimum absolute atomic E-state index is 0.366. The van der Waals surface area contributed by atoms with Crippen LogP contribution in [0.15, 0.2) is 18.6 Å². The molecule has 0 aliphatic heterocycles. The average Bonchev–Trinajstić information content (AvgIpc) is 2.17. The third-order valence-electron chi connectivity index (χ3n) is 1.94. The third-order valence-corrected chi connectivity index (χ3v) is 1.94. The molecule has 1 amide bonds. The van der Waals surface area contributed by atoms with Crippen molar-refractivity contribution < 1.29 is 4.79 Å². The molecule has 15 heavy (non-hydrogen) atoms. The minimum atomic E-state index is -0.387. The summed E-state index contributed by atoms with van der Waals surface area (Å²) >= 11 is 0.